The Morgan fingerprint density at radius 3 is 2.29 bits per heavy atom. The zero-order valence-electron chi connectivity index (χ0n) is 20.3. The quantitative estimate of drug-likeness (QED) is 0.273. The van der Waals surface area contributed by atoms with E-state index in [9.17, 15) is 14.7 Å². The predicted molar refractivity (Wildman–Crippen MR) is 136 cm³/mol. The molecule has 1 aliphatic rings. The van der Waals surface area contributed by atoms with Gasteiger partial charge in [-0.2, -0.15) is 0 Å². The summed E-state index contributed by atoms with van der Waals surface area (Å²) in [6.45, 7) is 6.60. The fraction of sp³-hybridized carbons (Fsp3) is 0.241. The standard InChI is InChI=1S/C29H29NO5/c1-18(2)17-35-24-15-12-21(16-19(24)3)27(31)25-26(20-10-13-23(34-4)14-11-20)30(29(33)28(25)32)22-8-6-5-7-9-22/h5-16,18,26,31H,17H2,1-4H3/b27-25-. The van der Waals surface area contributed by atoms with Crippen molar-refractivity contribution in [2.45, 2.75) is 26.8 Å². The summed E-state index contributed by atoms with van der Waals surface area (Å²) in [5, 5.41) is 11.4. The summed E-state index contributed by atoms with van der Waals surface area (Å²) in [6.07, 6.45) is 0. The van der Waals surface area contributed by atoms with E-state index in [1.807, 2.05) is 13.0 Å². The van der Waals surface area contributed by atoms with Gasteiger partial charge in [0.15, 0.2) is 0 Å². The maximum absolute atomic E-state index is 13.3. The van der Waals surface area contributed by atoms with Gasteiger partial charge in [0.2, 0.25) is 0 Å². The number of amides is 1. The van der Waals surface area contributed by atoms with Gasteiger partial charge in [0, 0.05) is 11.3 Å². The summed E-state index contributed by atoms with van der Waals surface area (Å²) in [7, 11) is 1.57. The molecule has 1 saturated heterocycles. The number of methoxy groups -OCH3 is 1. The van der Waals surface area contributed by atoms with Gasteiger partial charge in [-0.05, 0) is 66.4 Å². The Balaban J connectivity index is 1.83. The fourth-order valence-corrected chi connectivity index (χ4v) is 4.16. The molecule has 1 atom stereocenters. The van der Waals surface area contributed by atoms with Crippen LogP contribution in [0.3, 0.4) is 0 Å². The molecule has 0 radical (unpaired) electrons. The van der Waals surface area contributed by atoms with Gasteiger partial charge in [-0.3, -0.25) is 14.5 Å². The van der Waals surface area contributed by atoms with Crippen LogP contribution in [0, 0.1) is 12.8 Å². The lowest BCUT2D eigenvalue weighted by molar-refractivity contribution is -0.132. The van der Waals surface area contributed by atoms with Crippen molar-refractivity contribution in [2.24, 2.45) is 5.92 Å². The number of nitrogens with zero attached hydrogens (tertiary/aromatic N) is 1. The van der Waals surface area contributed by atoms with Crippen LogP contribution in [-0.4, -0.2) is 30.5 Å². The minimum absolute atomic E-state index is 0.0410. The number of carbonyl (C=O) groups is 2. The maximum Gasteiger partial charge on any atom is 0.300 e. The summed E-state index contributed by atoms with van der Waals surface area (Å²) in [5.74, 6) is 0.101. The minimum Gasteiger partial charge on any atom is -0.507 e. The molecule has 180 valence electrons. The second-order valence-corrected chi connectivity index (χ2v) is 8.96. The van der Waals surface area contributed by atoms with Crippen LogP contribution in [0.4, 0.5) is 5.69 Å². The number of hydrogen-bond donors (Lipinski definition) is 1. The van der Waals surface area contributed by atoms with Gasteiger partial charge in [0.05, 0.1) is 25.3 Å². The number of ketones is 1. The molecule has 1 unspecified atom stereocenters. The van der Waals surface area contributed by atoms with Gasteiger partial charge >= 0.3 is 0 Å². The van der Waals surface area contributed by atoms with Crippen LogP contribution < -0.4 is 14.4 Å². The number of aliphatic hydroxyl groups is 1. The summed E-state index contributed by atoms with van der Waals surface area (Å²) < 4.78 is 11.1. The van der Waals surface area contributed by atoms with Gasteiger partial charge in [-0.25, -0.2) is 0 Å². The van der Waals surface area contributed by atoms with Gasteiger partial charge in [-0.15, -0.1) is 0 Å². The SMILES string of the molecule is COc1ccc(C2/C(=C(/O)c3ccc(OCC(C)C)c(C)c3)C(=O)C(=O)N2c2ccccc2)cc1. The molecule has 3 aromatic carbocycles. The molecule has 4 rings (SSSR count). The molecule has 0 spiro atoms. The number of benzene rings is 3. The third-order valence-electron chi connectivity index (χ3n) is 5.93. The lowest BCUT2D eigenvalue weighted by Crippen LogP contribution is -2.29. The number of para-hydroxylation sites is 1. The van der Waals surface area contributed by atoms with Crippen LogP contribution >= 0.6 is 0 Å². The van der Waals surface area contributed by atoms with Crippen molar-refractivity contribution >= 4 is 23.1 Å². The highest BCUT2D eigenvalue weighted by Gasteiger charge is 2.46. The molecule has 1 N–H and O–H groups in total. The lowest BCUT2D eigenvalue weighted by atomic mass is 9.94. The maximum atomic E-state index is 13.3. The van der Waals surface area contributed by atoms with Crippen LogP contribution in [0.5, 0.6) is 11.5 Å². The summed E-state index contributed by atoms with van der Waals surface area (Å²) in [6, 6.07) is 20.6. The summed E-state index contributed by atoms with van der Waals surface area (Å²) >= 11 is 0. The molecule has 35 heavy (non-hydrogen) atoms. The lowest BCUT2D eigenvalue weighted by Gasteiger charge is -2.25. The molecule has 0 aromatic heterocycles. The Hall–Kier alpha value is -4.06. The van der Waals surface area contributed by atoms with E-state index >= 15 is 0 Å². The average molecular weight is 472 g/mol. The largest absolute Gasteiger partial charge is 0.507 e. The number of Topliss-reactive ketones (excluding diaryl/α,β-unsaturated/α-hetero) is 1. The zero-order valence-corrected chi connectivity index (χ0v) is 20.3. The van der Waals surface area contributed by atoms with Crippen molar-refractivity contribution in [2.75, 3.05) is 18.6 Å². The van der Waals surface area contributed by atoms with Crippen molar-refractivity contribution < 1.29 is 24.2 Å². The van der Waals surface area contributed by atoms with Crippen LogP contribution in [0.15, 0.2) is 78.4 Å². The second-order valence-electron chi connectivity index (χ2n) is 8.96. The van der Waals surface area contributed by atoms with E-state index in [0.29, 0.717) is 40.8 Å². The molecule has 1 amide bonds. The number of ether oxygens (including phenoxy) is 2. The Morgan fingerprint density at radius 2 is 1.69 bits per heavy atom. The van der Waals surface area contributed by atoms with E-state index in [2.05, 4.69) is 13.8 Å². The van der Waals surface area contributed by atoms with E-state index in [4.69, 9.17) is 9.47 Å². The Bertz CT molecular complexity index is 1260. The summed E-state index contributed by atoms with van der Waals surface area (Å²) in [4.78, 5) is 27.9. The van der Waals surface area contributed by atoms with E-state index in [0.717, 1.165) is 5.56 Å². The third kappa shape index (κ3) is 4.78. The van der Waals surface area contributed by atoms with Crippen molar-refractivity contribution in [3.63, 3.8) is 0 Å². The third-order valence-corrected chi connectivity index (χ3v) is 5.93. The van der Waals surface area contributed by atoms with Crippen molar-refractivity contribution in [3.8, 4) is 11.5 Å². The molecule has 6 nitrogen and oxygen atoms in total. The topological polar surface area (TPSA) is 76.1 Å². The highest BCUT2D eigenvalue weighted by atomic mass is 16.5. The summed E-state index contributed by atoms with van der Waals surface area (Å²) in [5.41, 5.74) is 2.57. The number of aryl methyl sites for hydroxylation is 1. The van der Waals surface area contributed by atoms with Crippen molar-refractivity contribution in [1.29, 1.82) is 0 Å². The average Bonchev–Trinajstić information content (AvgIpc) is 3.13. The first-order valence-electron chi connectivity index (χ1n) is 11.6. The number of aliphatic hydroxyl groups excluding tert-OH is 1. The highest BCUT2D eigenvalue weighted by molar-refractivity contribution is 6.51. The highest BCUT2D eigenvalue weighted by Crippen LogP contribution is 2.42. The van der Waals surface area contributed by atoms with E-state index < -0.39 is 17.7 Å². The predicted octanol–water partition coefficient (Wildman–Crippen LogP) is 5.66. The monoisotopic (exact) mass is 471 g/mol. The minimum atomic E-state index is -0.791. The van der Waals surface area contributed by atoms with Gasteiger partial charge < -0.3 is 14.6 Å². The first-order chi connectivity index (χ1) is 16.8. The van der Waals surface area contributed by atoms with Gasteiger partial charge in [-0.1, -0.05) is 44.2 Å². The van der Waals surface area contributed by atoms with Gasteiger partial charge in [0.25, 0.3) is 11.7 Å². The molecular weight excluding hydrogens is 442 g/mol. The smallest absolute Gasteiger partial charge is 0.300 e. The van der Waals surface area contributed by atoms with E-state index in [-0.39, 0.29) is 11.3 Å². The number of anilines is 1. The Labute approximate surface area is 205 Å². The molecule has 3 aromatic rings. The number of carbonyl (C=O) groups excluding carboxylic acids is 2. The number of rotatable bonds is 7. The van der Waals surface area contributed by atoms with Crippen LogP contribution in [0.25, 0.3) is 5.76 Å². The van der Waals surface area contributed by atoms with Gasteiger partial charge in [0.1, 0.15) is 17.3 Å². The number of hydrogen-bond acceptors (Lipinski definition) is 5. The van der Waals surface area contributed by atoms with Crippen LogP contribution in [0.2, 0.25) is 0 Å². The molecule has 0 aliphatic carbocycles. The molecule has 1 heterocycles. The van der Waals surface area contributed by atoms with Crippen molar-refractivity contribution in [3.05, 3.63) is 95.1 Å². The molecule has 6 heteroatoms. The fourth-order valence-electron chi connectivity index (χ4n) is 4.16. The second kappa shape index (κ2) is 10.1. The molecular formula is C29H29NO5. The van der Waals surface area contributed by atoms with E-state index in [1.54, 1.807) is 73.8 Å². The Morgan fingerprint density at radius 1 is 1.00 bits per heavy atom. The Kier molecular flexibility index (Phi) is 6.92. The molecule has 1 aliphatic heterocycles. The zero-order chi connectivity index (χ0) is 25.1. The first kappa shape index (κ1) is 24.1. The molecule has 0 bridgehead atoms. The molecule has 0 saturated carbocycles. The first-order valence-corrected chi connectivity index (χ1v) is 11.6. The van der Waals surface area contributed by atoms with Crippen LogP contribution in [-0.2, 0) is 9.59 Å². The van der Waals surface area contributed by atoms with Crippen LogP contribution in [0.1, 0.15) is 36.6 Å². The normalized spacial score (nSPS) is 17.2. The van der Waals surface area contributed by atoms with Crippen molar-refractivity contribution in [1.82, 2.24) is 0 Å². The molecule has 1 fully saturated rings. The van der Waals surface area contributed by atoms with E-state index in [1.165, 1.54) is 4.90 Å².